The van der Waals surface area contributed by atoms with Gasteiger partial charge in [-0.1, -0.05) is 13.2 Å². The van der Waals surface area contributed by atoms with E-state index in [0.717, 1.165) is 24.1 Å². The van der Waals surface area contributed by atoms with Gasteiger partial charge in [-0.2, -0.15) is 8.42 Å². The molecular formula is C11H24NO4S+. The Morgan fingerprint density at radius 2 is 1.65 bits per heavy atom. The molecule has 0 aromatic heterocycles. The van der Waals surface area contributed by atoms with Crippen molar-refractivity contribution >= 4 is 10.4 Å². The smallest absolute Gasteiger partial charge is 0.320 e. The van der Waals surface area contributed by atoms with Crippen molar-refractivity contribution in [1.82, 2.24) is 0 Å². The lowest BCUT2D eigenvalue weighted by Crippen LogP contribution is -2.43. The molecule has 0 amide bonds. The Morgan fingerprint density at radius 1 is 1.24 bits per heavy atom. The standard InChI is InChI=1S/C9H18N.C2H6O4S/c1-5-8-10(4,7-3)9-6-2;1-2-6-7(3,4)5/h5-6H,1-2,7-9H2,3-4H3;2H2,1H3,(H,3,4,5)/q+1;. The summed E-state index contributed by atoms with van der Waals surface area (Å²) in [5, 5.41) is 0. The molecule has 0 aliphatic rings. The zero-order valence-corrected chi connectivity index (χ0v) is 11.7. The summed E-state index contributed by atoms with van der Waals surface area (Å²) in [4.78, 5) is 0. The monoisotopic (exact) mass is 266 g/mol. The highest BCUT2D eigenvalue weighted by molar-refractivity contribution is 7.80. The van der Waals surface area contributed by atoms with Crippen LogP contribution in [0, 0.1) is 0 Å². The lowest BCUT2D eigenvalue weighted by molar-refractivity contribution is -0.896. The molecule has 0 bridgehead atoms. The summed E-state index contributed by atoms with van der Waals surface area (Å²) in [5.74, 6) is 0. The second-order valence-corrected chi connectivity index (χ2v) is 4.80. The van der Waals surface area contributed by atoms with Gasteiger partial charge in [-0.25, -0.2) is 4.18 Å². The summed E-state index contributed by atoms with van der Waals surface area (Å²) in [5.41, 5.74) is 0. The fourth-order valence-electron chi connectivity index (χ4n) is 1.11. The van der Waals surface area contributed by atoms with Crippen LogP contribution in [0.2, 0.25) is 0 Å². The maximum atomic E-state index is 9.56. The SMILES string of the molecule is C=CC[N+](C)(CC)CC=C.CCOS(=O)(=O)O. The summed E-state index contributed by atoms with van der Waals surface area (Å²) in [6, 6.07) is 0. The van der Waals surface area contributed by atoms with Crippen molar-refractivity contribution in [3.63, 3.8) is 0 Å². The molecule has 0 radical (unpaired) electrons. The number of likely N-dealkylation sites (N-methyl/N-ethyl adjacent to an activating group) is 1. The third-order valence-electron chi connectivity index (χ3n) is 2.17. The van der Waals surface area contributed by atoms with Crippen molar-refractivity contribution in [3.05, 3.63) is 25.3 Å². The van der Waals surface area contributed by atoms with Gasteiger partial charge in [0.15, 0.2) is 0 Å². The first-order chi connectivity index (χ1) is 7.74. The van der Waals surface area contributed by atoms with Crippen molar-refractivity contribution < 1.29 is 21.6 Å². The van der Waals surface area contributed by atoms with E-state index in [4.69, 9.17) is 4.55 Å². The first-order valence-electron chi connectivity index (χ1n) is 5.41. The number of hydrogen-bond donors (Lipinski definition) is 1. The molecule has 102 valence electrons. The van der Waals surface area contributed by atoms with Crippen LogP contribution in [0.3, 0.4) is 0 Å². The summed E-state index contributed by atoms with van der Waals surface area (Å²) in [7, 11) is -1.96. The maximum Gasteiger partial charge on any atom is 0.397 e. The van der Waals surface area contributed by atoms with Crippen LogP contribution in [0.15, 0.2) is 25.3 Å². The van der Waals surface area contributed by atoms with Gasteiger partial charge in [0.2, 0.25) is 0 Å². The molecule has 0 rings (SSSR count). The molecule has 0 aliphatic heterocycles. The number of rotatable bonds is 7. The van der Waals surface area contributed by atoms with Gasteiger partial charge < -0.3 is 4.48 Å². The van der Waals surface area contributed by atoms with Crippen LogP contribution in [0.5, 0.6) is 0 Å². The van der Waals surface area contributed by atoms with Crippen molar-refractivity contribution in [2.24, 2.45) is 0 Å². The van der Waals surface area contributed by atoms with E-state index in [0.29, 0.717) is 0 Å². The zero-order valence-electron chi connectivity index (χ0n) is 10.9. The number of hydrogen-bond acceptors (Lipinski definition) is 3. The summed E-state index contributed by atoms with van der Waals surface area (Å²) >= 11 is 0. The highest BCUT2D eigenvalue weighted by atomic mass is 32.3. The lowest BCUT2D eigenvalue weighted by atomic mass is 10.3. The fourth-order valence-corrected chi connectivity index (χ4v) is 1.40. The maximum absolute atomic E-state index is 9.56. The van der Waals surface area contributed by atoms with Gasteiger partial charge in [-0.15, -0.1) is 0 Å². The summed E-state index contributed by atoms with van der Waals surface area (Å²) < 4.78 is 31.7. The third-order valence-corrected chi connectivity index (χ3v) is 2.70. The van der Waals surface area contributed by atoms with Gasteiger partial charge in [-0.05, 0) is 26.0 Å². The Balaban J connectivity index is 0. The molecule has 0 saturated carbocycles. The van der Waals surface area contributed by atoms with E-state index in [2.05, 4.69) is 31.3 Å². The van der Waals surface area contributed by atoms with Crippen LogP contribution in [-0.2, 0) is 14.6 Å². The van der Waals surface area contributed by atoms with E-state index < -0.39 is 10.4 Å². The van der Waals surface area contributed by atoms with Crippen molar-refractivity contribution in [2.75, 3.05) is 33.3 Å². The van der Waals surface area contributed by atoms with Gasteiger partial charge in [-0.3, -0.25) is 4.55 Å². The second-order valence-electron chi connectivity index (χ2n) is 3.71. The molecule has 17 heavy (non-hydrogen) atoms. The minimum atomic E-state index is -4.17. The Hall–Kier alpha value is -0.690. The average molecular weight is 266 g/mol. The van der Waals surface area contributed by atoms with Crippen LogP contribution >= 0.6 is 0 Å². The highest BCUT2D eigenvalue weighted by Crippen LogP contribution is 2.00. The molecule has 0 aromatic carbocycles. The van der Waals surface area contributed by atoms with Crippen LogP contribution in [-0.4, -0.2) is 50.7 Å². The Labute approximate surface area is 105 Å². The van der Waals surface area contributed by atoms with E-state index in [1.807, 2.05) is 12.2 Å². The lowest BCUT2D eigenvalue weighted by Gasteiger charge is -2.30. The molecule has 0 atom stereocenters. The Bertz CT molecular complexity index is 301. The van der Waals surface area contributed by atoms with Crippen LogP contribution in [0.25, 0.3) is 0 Å². The first-order valence-corrected chi connectivity index (χ1v) is 6.78. The van der Waals surface area contributed by atoms with E-state index in [1.165, 1.54) is 6.92 Å². The number of quaternary nitrogens is 1. The predicted molar refractivity (Wildman–Crippen MR) is 70.0 cm³/mol. The Morgan fingerprint density at radius 3 is 1.76 bits per heavy atom. The Kier molecular flexibility index (Phi) is 10.3. The quantitative estimate of drug-likeness (QED) is 0.432. The van der Waals surface area contributed by atoms with Crippen LogP contribution in [0.1, 0.15) is 13.8 Å². The summed E-state index contributed by atoms with van der Waals surface area (Å²) in [6.07, 6.45) is 3.93. The molecule has 0 saturated heterocycles. The minimum absolute atomic E-state index is 0.0289. The topological polar surface area (TPSA) is 63.6 Å². The molecule has 0 spiro atoms. The highest BCUT2D eigenvalue weighted by Gasteiger charge is 2.13. The van der Waals surface area contributed by atoms with Gasteiger partial charge >= 0.3 is 10.4 Å². The van der Waals surface area contributed by atoms with Gasteiger partial charge in [0, 0.05) is 0 Å². The van der Waals surface area contributed by atoms with Crippen molar-refractivity contribution in [1.29, 1.82) is 0 Å². The van der Waals surface area contributed by atoms with Crippen molar-refractivity contribution in [2.45, 2.75) is 13.8 Å². The van der Waals surface area contributed by atoms with Crippen molar-refractivity contribution in [3.8, 4) is 0 Å². The molecule has 0 aromatic rings. The predicted octanol–water partition coefficient (Wildman–Crippen LogP) is 1.65. The molecule has 0 fully saturated rings. The first kappa shape index (κ1) is 18.7. The zero-order chi connectivity index (χ0) is 13.9. The molecule has 0 heterocycles. The normalized spacial score (nSPS) is 11.3. The van der Waals surface area contributed by atoms with E-state index in [1.54, 1.807) is 0 Å². The van der Waals surface area contributed by atoms with Crippen LogP contribution in [0.4, 0.5) is 0 Å². The molecular weight excluding hydrogens is 242 g/mol. The van der Waals surface area contributed by atoms with Gasteiger partial charge in [0.05, 0.1) is 33.3 Å². The third kappa shape index (κ3) is 13.2. The number of nitrogens with zero attached hydrogens (tertiary/aromatic N) is 1. The second kappa shape index (κ2) is 9.35. The molecule has 5 nitrogen and oxygen atoms in total. The molecule has 1 N–H and O–H groups in total. The largest absolute Gasteiger partial charge is 0.397 e. The average Bonchev–Trinajstić information content (AvgIpc) is 2.17. The van der Waals surface area contributed by atoms with Gasteiger partial charge in [0.1, 0.15) is 0 Å². The van der Waals surface area contributed by atoms with Gasteiger partial charge in [0.25, 0.3) is 0 Å². The fraction of sp³-hybridized carbons (Fsp3) is 0.636. The van der Waals surface area contributed by atoms with E-state index >= 15 is 0 Å². The summed E-state index contributed by atoms with van der Waals surface area (Å²) in [6.45, 7) is 14.3. The minimum Gasteiger partial charge on any atom is -0.320 e. The van der Waals surface area contributed by atoms with E-state index in [9.17, 15) is 8.42 Å². The molecule has 0 unspecified atom stereocenters. The molecule has 0 aliphatic carbocycles. The van der Waals surface area contributed by atoms with E-state index in [-0.39, 0.29) is 6.61 Å². The van der Waals surface area contributed by atoms with Crippen LogP contribution < -0.4 is 0 Å². The molecule has 6 heteroatoms.